The van der Waals surface area contributed by atoms with Gasteiger partial charge in [0.15, 0.2) is 0 Å². The van der Waals surface area contributed by atoms with Gasteiger partial charge in [-0.3, -0.25) is 33.7 Å². The number of aliphatic hydroxyl groups excluding tert-OH is 1. The van der Waals surface area contributed by atoms with Crippen molar-refractivity contribution in [2.45, 2.75) is 63.1 Å². The molecule has 9 aromatic rings. The molecule has 0 saturated carbocycles. The average molecular weight is 1430 g/mol. The number of thiazole rings is 6. The van der Waals surface area contributed by atoms with Gasteiger partial charge in [0.05, 0.1) is 44.0 Å². The molecule has 0 unspecified atom stereocenters. The number of aryl methyl sites for hydroxylation is 1. The molecule has 3 fully saturated rings. The van der Waals surface area contributed by atoms with Gasteiger partial charge in [0.25, 0.3) is 23.6 Å². The van der Waals surface area contributed by atoms with Gasteiger partial charge in [-0.1, -0.05) is 49.4 Å². The van der Waals surface area contributed by atoms with E-state index in [1.807, 2.05) is 17.7 Å². The van der Waals surface area contributed by atoms with Crippen molar-refractivity contribution >= 4 is 110 Å². The number of aromatic nitrogens is 7. The average Bonchev–Trinajstić information content (AvgIpc) is 1.65. The first kappa shape index (κ1) is 66.7. The van der Waals surface area contributed by atoms with Gasteiger partial charge in [-0.15, -0.1) is 68.0 Å². The summed E-state index contributed by atoms with van der Waals surface area (Å²) in [6.45, 7) is 9.33. The maximum atomic E-state index is 15.7. The second-order valence-corrected chi connectivity index (χ2v) is 29.0. The number of morpholine rings is 1. The molecule has 33 heteroatoms. The Morgan fingerprint density at radius 2 is 1.37 bits per heavy atom. The number of benzene rings is 2. The van der Waals surface area contributed by atoms with E-state index in [1.165, 1.54) is 51.5 Å². The van der Waals surface area contributed by atoms with Crippen LogP contribution in [0.1, 0.15) is 111 Å². The van der Waals surface area contributed by atoms with Crippen LogP contribution in [0.3, 0.4) is 0 Å². The number of hydrogen-bond donors (Lipinski definition) is 8. The van der Waals surface area contributed by atoms with E-state index in [1.54, 1.807) is 82.1 Å². The second kappa shape index (κ2) is 29.4. The van der Waals surface area contributed by atoms with E-state index in [0.717, 1.165) is 47.1 Å². The smallest absolute Gasteiger partial charge is 0.407 e. The molecule has 0 spiro atoms. The van der Waals surface area contributed by atoms with Gasteiger partial charge in [0.2, 0.25) is 11.8 Å². The molecule has 7 amide bonds. The summed E-state index contributed by atoms with van der Waals surface area (Å²) in [7, 11) is 0. The topological polar surface area (TPSA) is 365 Å². The predicted octanol–water partition coefficient (Wildman–Crippen LogP) is 6.40. The standard InChI is InChI=1S/C64H64N16O11S6/c1-32-46(91-64(89)67-16-17-78-20-22-90-23-21-78)26-80-51(32)61-74-44(30-96-61)58-71-41(27-93-58)49-37(12-13-38(68-49)57-75-45(31-94-57)62(87)79-18-14-66-15-19-79)56-72-42(28-92-56)53(84)69-39(25-47(65)82)59-77-48(33(2)97-59)55(86)76-50(52(83)35-6-4-3-5-7-35)60-73-43(29-95-60)54(85)70-40(63(80)88)24-34-8-10-36(81)11-9-34/h3-13,27-32,39-40,46,50-52,66,81,83H,14-26H2,1-2H3,(H2,65,82)(H,67,89)(H,69,84)(H,70,85)(H,76,86)/t32-,39-,40-,46-,50-,51-,52+/m0/s1. The summed E-state index contributed by atoms with van der Waals surface area (Å²) in [5.41, 5.74) is 8.97. The van der Waals surface area contributed by atoms with Crippen molar-refractivity contribution in [1.82, 2.24) is 76.2 Å². The van der Waals surface area contributed by atoms with Crippen molar-refractivity contribution in [2.75, 3.05) is 72.1 Å². The van der Waals surface area contributed by atoms with E-state index in [9.17, 15) is 39.0 Å². The first-order valence-corrected chi connectivity index (χ1v) is 36.2. The van der Waals surface area contributed by atoms with Crippen molar-refractivity contribution in [3.63, 3.8) is 0 Å². The van der Waals surface area contributed by atoms with Gasteiger partial charge in [-0.25, -0.2) is 39.7 Å². The number of ether oxygens (including phenoxy) is 2. The maximum Gasteiger partial charge on any atom is 0.407 e. The first-order chi connectivity index (χ1) is 47.0. The van der Waals surface area contributed by atoms with E-state index < -0.39 is 84.3 Å². The molecular formula is C64H64N16O11S6. The molecule has 97 heavy (non-hydrogen) atoms. The van der Waals surface area contributed by atoms with Gasteiger partial charge in [-0.2, -0.15) is 0 Å². The number of phenols is 1. The molecule has 7 atom stereocenters. The number of nitrogens with one attached hydrogen (secondary N) is 5. The number of nitrogens with two attached hydrogens (primary N) is 1. The van der Waals surface area contributed by atoms with Crippen molar-refractivity contribution in [2.24, 2.45) is 11.7 Å². The summed E-state index contributed by atoms with van der Waals surface area (Å²) in [5.74, 6) is -4.30. The lowest BCUT2D eigenvalue weighted by Crippen LogP contribution is -2.50. The zero-order chi connectivity index (χ0) is 67.4. The van der Waals surface area contributed by atoms with E-state index in [2.05, 4.69) is 36.5 Å². The molecule has 4 aliphatic heterocycles. The lowest BCUT2D eigenvalue weighted by atomic mass is 10.00. The van der Waals surface area contributed by atoms with Gasteiger partial charge in [0.1, 0.15) is 99.9 Å². The first-order valence-electron chi connectivity index (χ1n) is 31.0. The predicted molar refractivity (Wildman–Crippen MR) is 364 cm³/mol. The van der Waals surface area contributed by atoms with Crippen LogP contribution in [0.2, 0.25) is 0 Å². The number of piperazine rings is 1. The van der Waals surface area contributed by atoms with Gasteiger partial charge >= 0.3 is 6.09 Å². The number of fused-ring (bicyclic) bond motifs is 16. The number of alkyl carbamates (subject to hydrolysis) is 1. The molecule has 3 saturated heterocycles. The fourth-order valence-electron chi connectivity index (χ4n) is 11.8. The van der Waals surface area contributed by atoms with E-state index >= 15 is 4.79 Å². The van der Waals surface area contributed by atoms with Crippen LogP contribution in [0.5, 0.6) is 5.75 Å². The third-order valence-corrected chi connectivity index (χ3v) is 22.4. The molecule has 0 aliphatic carbocycles. The zero-order valence-corrected chi connectivity index (χ0v) is 56.9. The Kier molecular flexibility index (Phi) is 20.2. The van der Waals surface area contributed by atoms with Crippen LogP contribution in [0.4, 0.5) is 4.79 Å². The summed E-state index contributed by atoms with van der Waals surface area (Å²) in [6, 6.07) is 13.7. The molecule has 4 aliphatic rings. The number of nitrogens with zero attached hydrogens (tertiary/aromatic N) is 10. The minimum atomic E-state index is -1.43. The van der Waals surface area contributed by atoms with E-state index in [4.69, 9.17) is 45.1 Å². The highest BCUT2D eigenvalue weighted by atomic mass is 32.1. The highest BCUT2D eigenvalue weighted by molar-refractivity contribution is 7.15. The minimum absolute atomic E-state index is 0.0162. The normalized spacial score (nSPS) is 20.6. The van der Waals surface area contributed by atoms with Crippen LogP contribution >= 0.6 is 68.0 Å². The van der Waals surface area contributed by atoms with Crippen LogP contribution in [-0.4, -0.2) is 186 Å². The molecule has 27 nitrogen and oxygen atoms in total. The summed E-state index contributed by atoms with van der Waals surface area (Å²) >= 11 is 7.01. The zero-order valence-electron chi connectivity index (χ0n) is 52.0. The van der Waals surface area contributed by atoms with Crippen LogP contribution in [0.15, 0.2) is 93.6 Å². The number of amides is 7. The Morgan fingerprint density at radius 1 is 0.701 bits per heavy atom. The van der Waals surface area contributed by atoms with Crippen LogP contribution in [0.25, 0.3) is 43.4 Å². The molecule has 502 valence electrons. The van der Waals surface area contributed by atoms with Crippen LogP contribution in [-0.2, 0) is 25.5 Å². The van der Waals surface area contributed by atoms with E-state index in [-0.39, 0.29) is 57.4 Å². The van der Waals surface area contributed by atoms with Crippen molar-refractivity contribution < 1.29 is 53.2 Å². The Balaban J connectivity index is 0.900. The number of carbonyl (C=O) groups is 7. The van der Waals surface area contributed by atoms with Crippen molar-refractivity contribution in [3.05, 3.63) is 147 Å². The molecule has 13 rings (SSSR count). The lowest BCUT2D eigenvalue weighted by molar-refractivity contribution is -0.134. The van der Waals surface area contributed by atoms with Crippen molar-refractivity contribution in [3.8, 4) is 49.1 Å². The minimum Gasteiger partial charge on any atom is -0.508 e. The maximum absolute atomic E-state index is 15.7. The third kappa shape index (κ3) is 15.0. The summed E-state index contributed by atoms with van der Waals surface area (Å²) in [4.78, 5) is 140. The van der Waals surface area contributed by atoms with Gasteiger partial charge in [-0.05, 0) is 42.3 Å². The fourth-order valence-corrected chi connectivity index (χ4v) is 17.1. The largest absolute Gasteiger partial charge is 0.508 e. The second-order valence-electron chi connectivity index (χ2n) is 23.4. The number of aromatic hydroxyl groups is 1. The number of phenolic OH excluding ortho intramolecular Hbond substituents is 1. The van der Waals surface area contributed by atoms with E-state index in [0.29, 0.717) is 117 Å². The molecule has 9 N–H and O–H groups in total. The highest BCUT2D eigenvalue weighted by Gasteiger charge is 2.48. The third-order valence-electron chi connectivity index (χ3n) is 16.9. The highest BCUT2D eigenvalue weighted by Crippen LogP contribution is 2.44. The number of primary amides is 1. The summed E-state index contributed by atoms with van der Waals surface area (Å²) < 4.78 is 11.7. The van der Waals surface area contributed by atoms with Crippen LogP contribution in [0, 0.1) is 12.8 Å². The van der Waals surface area contributed by atoms with Gasteiger partial charge < -0.3 is 61.8 Å². The Morgan fingerprint density at radius 3 is 2.14 bits per heavy atom. The van der Waals surface area contributed by atoms with Gasteiger partial charge in [0, 0.05) is 102 Å². The Labute approximate surface area is 578 Å². The number of aliphatic hydroxyl groups is 1. The monoisotopic (exact) mass is 1420 g/mol. The molecule has 7 aromatic heterocycles. The number of rotatable bonds is 12. The fraction of sp³-hybridized carbons (Fsp3) is 0.344. The summed E-state index contributed by atoms with van der Waals surface area (Å²) in [6.07, 6.45) is -3.44. The van der Waals surface area contributed by atoms with Crippen molar-refractivity contribution in [1.29, 1.82) is 0 Å². The molecule has 2 aromatic carbocycles. The SMILES string of the molecule is Cc1sc2nc1C(=O)N[C@@H]([C@H](O)c1ccccc1)c1nc(cs1)C(=O)N[C@@H](Cc1ccc(O)cc1)C(=O)N1C[C@H](OC(=O)NCCN3CCOCC3)[C@H](C)[C@H]1c1nc(cs1)-c1nc(cs1)-c1nc(-c3nc(C(=O)N4CCNCC4)cs3)ccc1-c1nc(cs1)C(=O)N[C@H]2CC(N)=O. The number of carbonyl (C=O) groups excluding carboxylic acids is 7. The molecular weight excluding hydrogens is 1360 g/mol. The summed E-state index contributed by atoms with van der Waals surface area (Å²) in [5, 5.41) is 47.7. The Hall–Kier alpha value is -8.90. The number of pyridine rings is 1. The lowest BCUT2D eigenvalue weighted by Gasteiger charge is -2.29. The number of hydrogen-bond acceptors (Lipinski definition) is 26. The Bertz CT molecular complexity index is 4390. The van der Waals surface area contributed by atoms with Crippen LogP contribution < -0.4 is 32.3 Å². The quantitative estimate of drug-likeness (QED) is 0.0655. The molecule has 10 bridgehead atoms. The molecule has 0 radical (unpaired) electrons. The molecule has 11 heterocycles.